The summed E-state index contributed by atoms with van der Waals surface area (Å²) in [5.74, 6) is 0. The number of benzene rings is 1. The zero-order valence-electron chi connectivity index (χ0n) is 9.88. The molecule has 2 N–H and O–H groups in total. The molecule has 84 valence electrons. The van der Waals surface area contributed by atoms with Crippen LogP contribution in [0, 0.1) is 13.8 Å². The van der Waals surface area contributed by atoms with Crippen LogP contribution >= 0.6 is 0 Å². The minimum Gasteiger partial charge on any atom is -0.396 e. The van der Waals surface area contributed by atoms with Gasteiger partial charge in [-0.3, -0.25) is 0 Å². The third-order valence-electron chi connectivity index (χ3n) is 2.90. The maximum Gasteiger partial charge on any atom is 0.0443 e. The molecule has 0 fully saturated rings. The van der Waals surface area contributed by atoms with Crippen molar-refractivity contribution >= 4 is 0 Å². The van der Waals surface area contributed by atoms with Crippen molar-refractivity contribution in [2.75, 3.05) is 13.2 Å². The van der Waals surface area contributed by atoms with Crippen molar-refractivity contribution in [1.29, 1.82) is 0 Å². The number of hydrogen-bond acceptors (Lipinski definition) is 2. The fourth-order valence-corrected chi connectivity index (χ4v) is 1.75. The Morgan fingerprint density at radius 1 is 1.33 bits per heavy atom. The van der Waals surface area contributed by atoms with E-state index in [1.54, 1.807) is 0 Å². The highest BCUT2D eigenvalue weighted by atomic mass is 16.3. The molecule has 0 aliphatic heterocycles. The highest BCUT2D eigenvalue weighted by Gasteiger charge is 2.07. The molecule has 0 saturated heterocycles. The van der Waals surface area contributed by atoms with Gasteiger partial charge in [-0.2, -0.15) is 0 Å². The van der Waals surface area contributed by atoms with E-state index in [4.69, 9.17) is 5.11 Å². The molecule has 15 heavy (non-hydrogen) atoms. The average Bonchev–Trinajstić information content (AvgIpc) is 2.22. The van der Waals surface area contributed by atoms with Gasteiger partial charge in [0.25, 0.3) is 0 Å². The second-order valence-electron chi connectivity index (χ2n) is 4.04. The van der Waals surface area contributed by atoms with Crippen molar-refractivity contribution in [2.24, 2.45) is 0 Å². The summed E-state index contributed by atoms with van der Waals surface area (Å²) < 4.78 is 0. The molecule has 0 bridgehead atoms. The Morgan fingerprint density at radius 2 is 2.07 bits per heavy atom. The third-order valence-corrected chi connectivity index (χ3v) is 2.90. The van der Waals surface area contributed by atoms with Crippen LogP contribution < -0.4 is 5.32 Å². The van der Waals surface area contributed by atoms with Gasteiger partial charge >= 0.3 is 0 Å². The van der Waals surface area contributed by atoms with Gasteiger partial charge < -0.3 is 10.4 Å². The molecule has 0 aliphatic rings. The smallest absolute Gasteiger partial charge is 0.0443 e. The molecular weight excluding hydrogens is 186 g/mol. The number of hydrogen-bond donors (Lipinski definition) is 2. The van der Waals surface area contributed by atoms with Crippen LogP contribution in [-0.4, -0.2) is 18.3 Å². The van der Waals surface area contributed by atoms with Gasteiger partial charge in [-0.1, -0.05) is 18.2 Å². The first-order valence-electron chi connectivity index (χ1n) is 5.57. The molecule has 1 atom stereocenters. The van der Waals surface area contributed by atoms with Crippen molar-refractivity contribution in [3.63, 3.8) is 0 Å². The molecule has 1 rings (SSSR count). The van der Waals surface area contributed by atoms with Gasteiger partial charge in [0.1, 0.15) is 0 Å². The number of nitrogens with one attached hydrogen (secondary N) is 1. The normalized spacial score (nSPS) is 12.8. The van der Waals surface area contributed by atoms with Crippen LogP contribution in [0.3, 0.4) is 0 Å². The van der Waals surface area contributed by atoms with Gasteiger partial charge in [-0.25, -0.2) is 0 Å². The number of aliphatic hydroxyl groups excluding tert-OH is 1. The summed E-state index contributed by atoms with van der Waals surface area (Å²) in [5.41, 5.74) is 4.05. The van der Waals surface area contributed by atoms with E-state index in [1.807, 2.05) is 0 Å². The topological polar surface area (TPSA) is 32.3 Å². The summed E-state index contributed by atoms with van der Waals surface area (Å²) in [6.07, 6.45) is 0.815. The lowest BCUT2D eigenvalue weighted by molar-refractivity contribution is 0.284. The van der Waals surface area contributed by atoms with Gasteiger partial charge in [0, 0.05) is 12.6 Å². The monoisotopic (exact) mass is 207 g/mol. The van der Waals surface area contributed by atoms with E-state index < -0.39 is 0 Å². The summed E-state index contributed by atoms with van der Waals surface area (Å²) in [4.78, 5) is 0. The molecule has 1 unspecified atom stereocenters. The van der Waals surface area contributed by atoms with Crippen LogP contribution in [0.25, 0.3) is 0 Å². The molecule has 0 radical (unpaired) electrons. The first-order chi connectivity index (χ1) is 7.16. The summed E-state index contributed by atoms with van der Waals surface area (Å²) in [6, 6.07) is 6.76. The highest BCUT2D eigenvalue weighted by Crippen LogP contribution is 2.19. The Morgan fingerprint density at radius 3 is 2.73 bits per heavy atom. The lowest BCUT2D eigenvalue weighted by Gasteiger charge is -2.17. The van der Waals surface area contributed by atoms with Crippen LogP contribution in [0.4, 0.5) is 0 Å². The zero-order chi connectivity index (χ0) is 11.3. The highest BCUT2D eigenvalue weighted by molar-refractivity contribution is 5.34. The Kier molecular flexibility index (Phi) is 4.79. The maximum atomic E-state index is 8.71. The molecule has 2 nitrogen and oxygen atoms in total. The molecule has 0 spiro atoms. The van der Waals surface area contributed by atoms with Gasteiger partial charge in [-0.15, -0.1) is 0 Å². The Hall–Kier alpha value is -0.860. The largest absolute Gasteiger partial charge is 0.396 e. The zero-order valence-corrected chi connectivity index (χ0v) is 9.88. The van der Waals surface area contributed by atoms with Crippen LogP contribution in [0.15, 0.2) is 18.2 Å². The first-order valence-corrected chi connectivity index (χ1v) is 5.57. The van der Waals surface area contributed by atoms with E-state index in [0.717, 1.165) is 13.0 Å². The first kappa shape index (κ1) is 12.2. The van der Waals surface area contributed by atoms with Gasteiger partial charge in [0.2, 0.25) is 0 Å². The molecule has 1 aromatic rings. The van der Waals surface area contributed by atoms with E-state index >= 15 is 0 Å². The second kappa shape index (κ2) is 5.89. The van der Waals surface area contributed by atoms with E-state index in [-0.39, 0.29) is 6.61 Å². The van der Waals surface area contributed by atoms with Crippen LogP contribution in [0.1, 0.15) is 36.1 Å². The van der Waals surface area contributed by atoms with Crippen molar-refractivity contribution in [3.8, 4) is 0 Å². The molecule has 0 aliphatic carbocycles. The molecule has 0 aromatic heterocycles. The Bertz CT molecular complexity index is 309. The molecule has 0 heterocycles. The quantitative estimate of drug-likeness (QED) is 0.726. The Balaban J connectivity index is 2.65. The number of aryl methyl sites for hydroxylation is 1. The minimum absolute atomic E-state index is 0.256. The molecule has 2 heteroatoms. The van der Waals surface area contributed by atoms with Crippen molar-refractivity contribution < 1.29 is 5.11 Å². The lowest BCUT2D eigenvalue weighted by Crippen LogP contribution is -2.21. The predicted molar refractivity (Wildman–Crippen MR) is 64.0 cm³/mol. The van der Waals surface area contributed by atoms with Crippen LogP contribution in [0.2, 0.25) is 0 Å². The van der Waals surface area contributed by atoms with E-state index in [9.17, 15) is 0 Å². The fraction of sp³-hybridized carbons (Fsp3) is 0.538. The van der Waals surface area contributed by atoms with E-state index in [0.29, 0.717) is 6.04 Å². The minimum atomic E-state index is 0.256. The average molecular weight is 207 g/mol. The van der Waals surface area contributed by atoms with Gasteiger partial charge in [0.15, 0.2) is 0 Å². The SMILES string of the molecule is Cc1cccc(C(C)NCCCO)c1C. The summed E-state index contributed by atoms with van der Waals surface area (Å²) >= 11 is 0. The van der Waals surface area contributed by atoms with Gasteiger partial charge in [0.05, 0.1) is 0 Å². The summed E-state index contributed by atoms with van der Waals surface area (Å²) in [5, 5.41) is 12.1. The van der Waals surface area contributed by atoms with Crippen molar-refractivity contribution in [2.45, 2.75) is 33.2 Å². The predicted octanol–water partition coefficient (Wildman–Crippen LogP) is 2.34. The van der Waals surface area contributed by atoms with Crippen molar-refractivity contribution in [3.05, 3.63) is 34.9 Å². The molecular formula is C13H21NO. The standard InChI is InChI=1S/C13H21NO/c1-10-6-4-7-13(11(10)2)12(3)14-8-5-9-15/h4,6-7,12,14-15H,5,8-9H2,1-3H3. The second-order valence-corrected chi connectivity index (χ2v) is 4.04. The number of rotatable bonds is 5. The van der Waals surface area contributed by atoms with Crippen molar-refractivity contribution in [1.82, 2.24) is 5.32 Å². The molecule has 1 aromatic carbocycles. The summed E-state index contributed by atoms with van der Waals surface area (Å²) in [7, 11) is 0. The molecule has 0 saturated carbocycles. The van der Waals surface area contributed by atoms with E-state index in [2.05, 4.69) is 44.3 Å². The van der Waals surface area contributed by atoms with Crippen LogP contribution in [-0.2, 0) is 0 Å². The third kappa shape index (κ3) is 3.33. The maximum absolute atomic E-state index is 8.71. The lowest BCUT2D eigenvalue weighted by atomic mass is 9.98. The molecule has 0 amide bonds. The van der Waals surface area contributed by atoms with Gasteiger partial charge in [-0.05, 0) is 50.4 Å². The Labute approximate surface area is 92.3 Å². The fourth-order valence-electron chi connectivity index (χ4n) is 1.75. The van der Waals surface area contributed by atoms with Crippen LogP contribution in [0.5, 0.6) is 0 Å². The summed E-state index contributed by atoms with van der Waals surface area (Å²) in [6.45, 7) is 7.59. The van der Waals surface area contributed by atoms with E-state index in [1.165, 1.54) is 16.7 Å². The number of aliphatic hydroxyl groups is 1.